The summed E-state index contributed by atoms with van der Waals surface area (Å²) in [4.78, 5) is 12.4. The van der Waals surface area contributed by atoms with Crippen molar-refractivity contribution in [3.05, 3.63) is 66.5 Å². The van der Waals surface area contributed by atoms with Crippen molar-refractivity contribution in [3.63, 3.8) is 0 Å². The Hall–Kier alpha value is -3.33. The maximum atomic E-state index is 12.5. The molecule has 3 aromatic rings. The van der Waals surface area contributed by atoms with E-state index in [0.717, 1.165) is 0 Å². The lowest BCUT2D eigenvalue weighted by molar-refractivity contribution is 0.101. The highest BCUT2D eigenvalue weighted by Crippen LogP contribution is 2.20. The molecule has 3 rings (SSSR count). The average Bonchev–Trinajstić information content (AvgIpc) is 3.18. The van der Waals surface area contributed by atoms with Crippen LogP contribution in [0.1, 0.15) is 17.4 Å². The molecule has 0 fully saturated rings. The van der Waals surface area contributed by atoms with Gasteiger partial charge in [0.15, 0.2) is 0 Å². The fraction of sp³-hybridized carbons (Fsp3) is 0.158. The number of hydrogen-bond acceptors (Lipinski definition) is 5. The zero-order valence-electron chi connectivity index (χ0n) is 15.4. The van der Waals surface area contributed by atoms with E-state index in [1.165, 1.54) is 31.4 Å². The molecule has 2 N–H and O–H groups in total. The third-order valence-corrected chi connectivity index (χ3v) is 5.41. The highest BCUT2D eigenvalue weighted by Gasteiger charge is 2.15. The Labute approximate surface area is 163 Å². The fourth-order valence-corrected chi connectivity index (χ4v) is 3.62. The molecule has 8 nitrogen and oxygen atoms in total. The summed E-state index contributed by atoms with van der Waals surface area (Å²) in [5.41, 5.74) is 1.34. The maximum absolute atomic E-state index is 12.5. The number of nitrogens with one attached hydrogen (secondary N) is 2. The Morgan fingerprint density at radius 3 is 2.29 bits per heavy atom. The van der Waals surface area contributed by atoms with Crippen LogP contribution in [0.4, 0.5) is 11.4 Å². The van der Waals surface area contributed by atoms with Gasteiger partial charge in [-0.1, -0.05) is 0 Å². The topological polar surface area (TPSA) is 102 Å². The number of aromatic nitrogens is 2. The zero-order valence-corrected chi connectivity index (χ0v) is 16.2. The Bertz CT molecular complexity index is 1060. The minimum Gasteiger partial charge on any atom is -0.497 e. The number of hydrogen-bond donors (Lipinski definition) is 2. The fourth-order valence-electron chi connectivity index (χ4n) is 2.56. The van der Waals surface area contributed by atoms with Crippen molar-refractivity contribution in [2.45, 2.75) is 18.4 Å². The van der Waals surface area contributed by atoms with E-state index in [-0.39, 0.29) is 10.8 Å². The number of rotatable bonds is 7. The molecule has 28 heavy (non-hydrogen) atoms. The predicted molar refractivity (Wildman–Crippen MR) is 106 cm³/mol. The lowest BCUT2D eigenvalue weighted by atomic mass is 10.3. The van der Waals surface area contributed by atoms with E-state index in [1.54, 1.807) is 41.2 Å². The second kappa shape index (κ2) is 8.13. The standard InChI is InChI=1S/C19H20N4O4S/c1-3-23-18(12-13-20-23)19(24)21-14-6-10-17(11-7-14)28(25,26)22-15-4-8-16(27-2)9-5-15/h4-13,22H,3H2,1-2H3,(H,21,24). The molecule has 0 saturated carbocycles. The highest BCUT2D eigenvalue weighted by molar-refractivity contribution is 7.92. The van der Waals surface area contributed by atoms with Crippen LogP contribution in [0, 0.1) is 0 Å². The molecule has 0 aliphatic heterocycles. The summed E-state index contributed by atoms with van der Waals surface area (Å²) >= 11 is 0. The molecule has 0 aliphatic carbocycles. The van der Waals surface area contributed by atoms with Crippen molar-refractivity contribution in [2.75, 3.05) is 17.1 Å². The molecule has 0 aliphatic rings. The number of methoxy groups -OCH3 is 1. The highest BCUT2D eigenvalue weighted by atomic mass is 32.2. The van der Waals surface area contributed by atoms with Gasteiger partial charge in [-0.15, -0.1) is 0 Å². The molecule has 1 amide bonds. The lowest BCUT2D eigenvalue weighted by Gasteiger charge is -2.10. The normalized spacial score (nSPS) is 11.1. The van der Waals surface area contributed by atoms with Gasteiger partial charge < -0.3 is 10.1 Å². The van der Waals surface area contributed by atoms with E-state index in [9.17, 15) is 13.2 Å². The van der Waals surface area contributed by atoms with Crippen molar-refractivity contribution >= 4 is 27.3 Å². The van der Waals surface area contributed by atoms with Crippen LogP contribution in [0.15, 0.2) is 65.7 Å². The average molecular weight is 400 g/mol. The SMILES string of the molecule is CCn1nccc1C(=O)Nc1ccc(S(=O)(=O)Nc2ccc(OC)cc2)cc1. The number of anilines is 2. The first-order chi connectivity index (χ1) is 13.4. The Morgan fingerprint density at radius 1 is 1.04 bits per heavy atom. The quantitative estimate of drug-likeness (QED) is 0.635. The summed E-state index contributed by atoms with van der Waals surface area (Å²) in [6.07, 6.45) is 1.55. The smallest absolute Gasteiger partial charge is 0.273 e. The van der Waals surface area contributed by atoms with E-state index in [1.807, 2.05) is 6.92 Å². The summed E-state index contributed by atoms with van der Waals surface area (Å²) in [5.74, 6) is 0.318. The van der Waals surface area contributed by atoms with Crippen LogP contribution < -0.4 is 14.8 Å². The molecule has 0 atom stereocenters. The first-order valence-electron chi connectivity index (χ1n) is 8.53. The molecule has 0 spiro atoms. The maximum Gasteiger partial charge on any atom is 0.273 e. The van der Waals surface area contributed by atoms with E-state index < -0.39 is 10.0 Å². The molecule has 9 heteroatoms. The minimum absolute atomic E-state index is 0.0833. The number of sulfonamides is 1. The van der Waals surface area contributed by atoms with E-state index in [0.29, 0.717) is 29.4 Å². The summed E-state index contributed by atoms with van der Waals surface area (Å²) in [6.45, 7) is 2.46. The van der Waals surface area contributed by atoms with Crippen molar-refractivity contribution in [2.24, 2.45) is 0 Å². The van der Waals surface area contributed by atoms with Crippen molar-refractivity contribution in [3.8, 4) is 5.75 Å². The number of benzene rings is 2. The van der Waals surface area contributed by atoms with Crippen LogP contribution in [-0.2, 0) is 16.6 Å². The molecular formula is C19H20N4O4S. The summed E-state index contributed by atoms with van der Waals surface area (Å²) in [7, 11) is -2.21. The van der Waals surface area contributed by atoms with Gasteiger partial charge in [0.2, 0.25) is 0 Å². The van der Waals surface area contributed by atoms with Gasteiger partial charge in [-0.25, -0.2) is 8.42 Å². The van der Waals surface area contributed by atoms with Gasteiger partial charge >= 0.3 is 0 Å². The van der Waals surface area contributed by atoms with Gasteiger partial charge in [0.25, 0.3) is 15.9 Å². The first kappa shape index (κ1) is 19.4. The lowest BCUT2D eigenvalue weighted by Crippen LogP contribution is -2.17. The summed E-state index contributed by atoms with van der Waals surface area (Å²) in [5, 5.41) is 6.79. The van der Waals surface area contributed by atoms with Crippen LogP contribution in [0.25, 0.3) is 0 Å². The molecule has 146 valence electrons. The Morgan fingerprint density at radius 2 is 1.68 bits per heavy atom. The monoisotopic (exact) mass is 400 g/mol. The van der Waals surface area contributed by atoms with E-state index in [4.69, 9.17) is 4.74 Å². The number of aryl methyl sites for hydroxylation is 1. The Balaban J connectivity index is 1.71. The van der Waals surface area contributed by atoms with Gasteiger partial charge in [-0.05, 0) is 61.5 Å². The second-order valence-electron chi connectivity index (χ2n) is 5.84. The molecule has 1 heterocycles. The molecule has 1 aromatic heterocycles. The van der Waals surface area contributed by atoms with E-state index in [2.05, 4.69) is 15.1 Å². The van der Waals surface area contributed by atoms with Crippen molar-refractivity contribution in [1.29, 1.82) is 0 Å². The van der Waals surface area contributed by atoms with Gasteiger partial charge in [0.05, 0.1) is 12.0 Å². The molecule has 0 unspecified atom stereocenters. The molecule has 0 saturated heterocycles. The Kier molecular flexibility index (Phi) is 5.65. The molecule has 2 aromatic carbocycles. The second-order valence-corrected chi connectivity index (χ2v) is 7.53. The number of carbonyl (C=O) groups excluding carboxylic acids is 1. The third-order valence-electron chi connectivity index (χ3n) is 4.01. The van der Waals surface area contributed by atoms with Crippen molar-refractivity contribution in [1.82, 2.24) is 9.78 Å². The van der Waals surface area contributed by atoms with Crippen LogP contribution in [0.3, 0.4) is 0 Å². The van der Waals surface area contributed by atoms with Gasteiger partial charge in [0.1, 0.15) is 11.4 Å². The molecule has 0 radical (unpaired) electrons. The first-order valence-corrected chi connectivity index (χ1v) is 10.0. The van der Waals surface area contributed by atoms with E-state index >= 15 is 0 Å². The molecular weight excluding hydrogens is 380 g/mol. The van der Waals surface area contributed by atoms with Crippen LogP contribution in [0.2, 0.25) is 0 Å². The van der Waals surface area contributed by atoms with Crippen LogP contribution in [0.5, 0.6) is 5.75 Å². The third kappa shape index (κ3) is 4.32. The summed E-state index contributed by atoms with van der Waals surface area (Å²) in [6, 6.07) is 14.1. The van der Waals surface area contributed by atoms with Crippen LogP contribution in [-0.4, -0.2) is 31.2 Å². The van der Waals surface area contributed by atoms with Gasteiger partial charge in [-0.2, -0.15) is 5.10 Å². The van der Waals surface area contributed by atoms with Gasteiger partial charge in [0, 0.05) is 24.1 Å². The number of amides is 1. The summed E-state index contributed by atoms with van der Waals surface area (Å²) < 4.78 is 34.2. The number of ether oxygens (including phenoxy) is 1. The zero-order chi connectivity index (χ0) is 20.1. The largest absolute Gasteiger partial charge is 0.497 e. The minimum atomic E-state index is -3.75. The van der Waals surface area contributed by atoms with Crippen molar-refractivity contribution < 1.29 is 17.9 Å². The van der Waals surface area contributed by atoms with Gasteiger partial charge in [-0.3, -0.25) is 14.2 Å². The molecule has 0 bridgehead atoms. The van der Waals surface area contributed by atoms with Crippen LogP contribution >= 0.6 is 0 Å². The number of carbonyl (C=O) groups is 1. The predicted octanol–water partition coefficient (Wildman–Crippen LogP) is 2.96. The number of nitrogens with zero attached hydrogens (tertiary/aromatic N) is 2.